The Balaban J connectivity index is 1.77. The lowest BCUT2D eigenvalue weighted by atomic mass is 9.80. The molecular formula is C18H27F3N2O4. The van der Waals surface area contributed by atoms with Crippen LogP contribution in [0.2, 0.25) is 0 Å². The lowest BCUT2D eigenvalue weighted by Gasteiger charge is -2.33. The summed E-state index contributed by atoms with van der Waals surface area (Å²) < 4.78 is 38.1. The molecule has 0 aromatic rings. The van der Waals surface area contributed by atoms with Crippen LogP contribution in [-0.2, 0) is 14.4 Å². The number of halogens is 3. The van der Waals surface area contributed by atoms with Crippen LogP contribution in [0.5, 0.6) is 0 Å². The van der Waals surface area contributed by atoms with E-state index in [1.165, 1.54) is 16.8 Å². The summed E-state index contributed by atoms with van der Waals surface area (Å²) in [5.41, 5.74) is 0. The summed E-state index contributed by atoms with van der Waals surface area (Å²) in [6.45, 7) is 0.493. The molecule has 2 rings (SSSR count). The normalized spacial score (nSPS) is 26.5. The average molecular weight is 392 g/mol. The minimum atomic E-state index is -4.17. The number of amides is 2. The standard InChI is InChI=1S/C18H27F3N2O4/c1-22(11-16(25)23-8-2-3-13(10-23)17(26)27)15(24)9-12-4-6-14(7-5-12)18(19,20)21/h12-14H,2-11H2,1H3,(H,26,27). The average Bonchev–Trinajstić information content (AvgIpc) is 2.61. The molecule has 0 aromatic heterocycles. The van der Waals surface area contributed by atoms with Gasteiger partial charge in [0.15, 0.2) is 0 Å². The van der Waals surface area contributed by atoms with E-state index in [-0.39, 0.29) is 50.1 Å². The highest BCUT2D eigenvalue weighted by molar-refractivity contribution is 5.85. The summed E-state index contributed by atoms with van der Waals surface area (Å²) in [7, 11) is 1.50. The third-order valence-corrected chi connectivity index (χ3v) is 5.69. The number of carboxylic acids is 1. The molecule has 1 aliphatic carbocycles. The summed E-state index contributed by atoms with van der Waals surface area (Å²) in [4.78, 5) is 38.5. The fourth-order valence-electron chi connectivity index (χ4n) is 3.89. The first-order valence-corrected chi connectivity index (χ1v) is 9.39. The first-order chi connectivity index (χ1) is 12.6. The Morgan fingerprint density at radius 2 is 1.74 bits per heavy atom. The molecular weight excluding hydrogens is 365 g/mol. The van der Waals surface area contributed by atoms with Gasteiger partial charge in [0, 0.05) is 26.6 Å². The van der Waals surface area contributed by atoms with Gasteiger partial charge in [-0.2, -0.15) is 13.2 Å². The van der Waals surface area contributed by atoms with Crippen molar-refractivity contribution in [1.29, 1.82) is 0 Å². The highest BCUT2D eigenvalue weighted by Crippen LogP contribution is 2.40. The monoisotopic (exact) mass is 392 g/mol. The number of likely N-dealkylation sites (N-methyl/N-ethyl adjacent to an activating group) is 1. The predicted octanol–water partition coefficient (Wildman–Crippen LogP) is 2.53. The SMILES string of the molecule is CN(CC(=O)N1CCCC(C(=O)O)C1)C(=O)CC1CCC(C(F)(F)F)CC1. The van der Waals surface area contributed by atoms with Crippen LogP contribution >= 0.6 is 0 Å². The van der Waals surface area contributed by atoms with Crippen LogP contribution in [-0.4, -0.2) is 65.5 Å². The number of nitrogens with zero attached hydrogens (tertiary/aromatic N) is 2. The number of carboxylic acid groups (broad SMARTS) is 1. The van der Waals surface area contributed by atoms with Crippen molar-refractivity contribution in [2.45, 2.75) is 51.1 Å². The zero-order valence-electron chi connectivity index (χ0n) is 15.5. The maximum atomic E-state index is 12.7. The molecule has 0 radical (unpaired) electrons. The zero-order chi connectivity index (χ0) is 20.2. The third-order valence-electron chi connectivity index (χ3n) is 5.69. The number of aliphatic carboxylic acids is 1. The Bertz CT molecular complexity index is 559. The number of alkyl halides is 3. The predicted molar refractivity (Wildman–Crippen MR) is 90.7 cm³/mol. The van der Waals surface area contributed by atoms with Crippen LogP contribution in [0.3, 0.4) is 0 Å². The summed E-state index contributed by atoms with van der Waals surface area (Å²) in [6.07, 6.45) is -2.04. The van der Waals surface area contributed by atoms with E-state index in [0.717, 1.165) is 0 Å². The highest BCUT2D eigenvalue weighted by Gasteiger charge is 2.41. The Morgan fingerprint density at radius 3 is 2.30 bits per heavy atom. The van der Waals surface area contributed by atoms with Gasteiger partial charge in [-0.05, 0) is 44.4 Å². The maximum absolute atomic E-state index is 12.7. The molecule has 27 heavy (non-hydrogen) atoms. The molecule has 0 aromatic carbocycles. The molecule has 1 saturated heterocycles. The fraction of sp³-hybridized carbons (Fsp3) is 0.833. The number of hydrogen-bond donors (Lipinski definition) is 1. The number of carbonyl (C=O) groups excluding carboxylic acids is 2. The first kappa shape index (κ1) is 21.5. The smallest absolute Gasteiger partial charge is 0.391 e. The number of piperidine rings is 1. The molecule has 9 heteroatoms. The molecule has 2 aliphatic rings. The number of likely N-dealkylation sites (tertiary alicyclic amines) is 1. The van der Waals surface area contributed by atoms with Crippen molar-refractivity contribution in [3.05, 3.63) is 0 Å². The van der Waals surface area contributed by atoms with Crippen molar-refractivity contribution >= 4 is 17.8 Å². The Labute approximate surface area is 156 Å². The second kappa shape index (κ2) is 8.93. The van der Waals surface area contributed by atoms with Crippen molar-refractivity contribution in [3.63, 3.8) is 0 Å². The topological polar surface area (TPSA) is 77.9 Å². The van der Waals surface area contributed by atoms with E-state index >= 15 is 0 Å². The van der Waals surface area contributed by atoms with E-state index in [9.17, 15) is 27.6 Å². The molecule has 2 fully saturated rings. The summed E-state index contributed by atoms with van der Waals surface area (Å²) in [5, 5.41) is 9.09. The number of hydrogen-bond acceptors (Lipinski definition) is 3. The van der Waals surface area contributed by atoms with Gasteiger partial charge in [-0.3, -0.25) is 14.4 Å². The lowest BCUT2D eigenvalue weighted by Crippen LogP contribution is -2.47. The molecule has 6 nitrogen and oxygen atoms in total. The van der Waals surface area contributed by atoms with Crippen LogP contribution in [0.25, 0.3) is 0 Å². The van der Waals surface area contributed by atoms with Gasteiger partial charge in [-0.25, -0.2) is 0 Å². The van der Waals surface area contributed by atoms with E-state index in [2.05, 4.69) is 0 Å². The molecule has 1 aliphatic heterocycles. The maximum Gasteiger partial charge on any atom is 0.391 e. The second-order valence-electron chi connectivity index (χ2n) is 7.73. The van der Waals surface area contributed by atoms with Crippen molar-refractivity contribution in [2.75, 3.05) is 26.7 Å². The van der Waals surface area contributed by atoms with Crippen LogP contribution in [0.4, 0.5) is 13.2 Å². The van der Waals surface area contributed by atoms with Crippen molar-refractivity contribution < 1.29 is 32.7 Å². The molecule has 1 atom stereocenters. The van der Waals surface area contributed by atoms with Crippen molar-refractivity contribution in [3.8, 4) is 0 Å². The van der Waals surface area contributed by atoms with E-state index < -0.39 is 24.0 Å². The molecule has 1 N–H and O–H groups in total. The highest BCUT2D eigenvalue weighted by atomic mass is 19.4. The molecule has 0 bridgehead atoms. The van der Waals surface area contributed by atoms with E-state index in [0.29, 0.717) is 32.2 Å². The molecule has 1 unspecified atom stereocenters. The van der Waals surface area contributed by atoms with Crippen LogP contribution in [0.15, 0.2) is 0 Å². The first-order valence-electron chi connectivity index (χ1n) is 9.39. The molecule has 0 spiro atoms. The Kier molecular flexibility index (Phi) is 7.11. The number of rotatable bonds is 5. The van der Waals surface area contributed by atoms with Crippen molar-refractivity contribution in [2.24, 2.45) is 17.8 Å². The van der Waals surface area contributed by atoms with Crippen molar-refractivity contribution in [1.82, 2.24) is 9.80 Å². The van der Waals surface area contributed by atoms with Gasteiger partial charge >= 0.3 is 12.1 Å². The molecule has 154 valence electrons. The van der Waals surface area contributed by atoms with Gasteiger partial charge in [0.2, 0.25) is 11.8 Å². The summed E-state index contributed by atoms with van der Waals surface area (Å²) in [5.74, 6) is -3.41. The van der Waals surface area contributed by atoms with Gasteiger partial charge in [0.05, 0.1) is 18.4 Å². The van der Waals surface area contributed by atoms with Gasteiger partial charge in [-0.15, -0.1) is 0 Å². The van der Waals surface area contributed by atoms with E-state index in [1.54, 1.807) is 0 Å². The quantitative estimate of drug-likeness (QED) is 0.780. The van der Waals surface area contributed by atoms with Crippen LogP contribution < -0.4 is 0 Å². The third kappa shape index (κ3) is 6.10. The lowest BCUT2D eigenvalue weighted by molar-refractivity contribution is -0.184. The zero-order valence-corrected chi connectivity index (χ0v) is 15.5. The van der Waals surface area contributed by atoms with Crippen LogP contribution in [0, 0.1) is 17.8 Å². The minimum absolute atomic E-state index is 0.0500. The van der Waals surface area contributed by atoms with Gasteiger partial charge in [-0.1, -0.05) is 0 Å². The van der Waals surface area contributed by atoms with Gasteiger partial charge in [0.25, 0.3) is 0 Å². The Hall–Kier alpha value is -1.80. The fourth-order valence-corrected chi connectivity index (χ4v) is 3.89. The van der Waals surface area contributed by atoms with Gasteiger partial charge in [0.1, 0.15) is 0 Å². The van der Waals surface area contributed by atoms with Crippen LogP contribution in [0.1, 0.15) is 44.9 Å². The van der Waals surface area contributed by atoms with E-state index in [4.69, 9.17) is 5.11 Å². The second-order valence-corrected chi connectivity index (χ2v) is 7.73. The molecule has 1 heterocycles. The summed E-state index contributed by atoms with van der Waals surface area (Å²) >= 11 is 0. The summed E-state index contributed by atoms with van der Waals surface area (Å²) in [6, 6.07) is 0. The number of carbonyl (C=O) groups is 3. The largest absolute Gasteiger partial charge is 0.481 e. The molecule has 1 saturated carbocycles. The minimum Gasteiger partial charge on any atom is -0.481 e. The Morgan fingerprint density at radius 1 is 1.11 bits per heavy atom. The molecule has 2 amide bonds. The van der Waals surface area contributed by atoms with Gasteiger partial charge < -0.3 is 14.9 Å². The van der Waals surface area contributed by atoms with E-state index in [1.807, 2.05) is 0 Å².